The van der Waals surface area contributed by atoms with Crippen LogP contribution >= 0.6 is 6.49 Å². The third kappa shape index (κ3) is 6.53. The van der Waals surface area contributed by atoms with Gasteiger partial charge in [-0.15, -0.1) is 0 Å². The average Bonchev–Trinajstić information content (AvgIpc) is 1.59. The molecule has 0 aromatic rings. The molecule has 0 saturated carbocycles. The van der Waals surface area contributed by atoms with E-state index in [0.717, 1.165) is 0 Å². The van der Waals surface area contributed by atoms with Crippen LogP contribution in [-0.2, 0) is 21.7 Å². The number of rotatable bonds is 4. The van der Waals surface area contributed by atoms with Gasteiger partial charge >= 0.3 is 0 Å². The summed E-state index contributed by atoms with van der Waals surface area (Å²) in [4.78, 5) is 21.1. The molecule has 0 spiro atoms. The Hall–Kier alpha value is 0.410. The van der Waals surface area contributed by atoms with Crippen LogP contribution in [0, 0.1) is 0 Å². The molecule has 10 heavy (non-hydrogen) atoms. The van der Waals surface area contributed by atoms with E-state index in [1.54, 1.807) is 0 Å². The zero-order valence-electron chi connectivity index (χ0n) is 4.88. The van der Waals surface area contributed by atoms with E-state index >= 15 is 0 Å². The van der Waals surface area contributed by atoms with Gasteiger partial charge in [0.1, 0.15) is 0 Å². The molecule has 62 valence electrons. The fourth-order valence-corrected chi connectivity index (χ4v) is 1.29. The second kappa shape index (κ2) is 4.32. The first-order valence-electron chi connectivity index (χ1n) is 2.23. The van der Waals surface area contributed by atoms with Crippen molar-refractivity contribution in [3.63, 3.8) is 0 Å². The van der Waals surface area contributed by atoms with Gasteiger partial charge in [0, 0.05) is 0 Å². The number of nitrogens with two attached hydrogens (primary N) is 1. The summed E-state index contributed by atoms with van der Waals surface area (Å²) < 4.78 is 0. The van der Waals surface area contributed by atoms with Gasteiger partial charge in [-0.1, -0.05) is 5.04 Å². The minimum atomic E-state index is -3.36. The van der Waals surface area contributed by atoms with E-state index in [0.29, 0.717) is 0 Å². The highest BCUT2D eigenvalue weighted by atomic mass is 32.5. The number of hydrogen-bond donors (Lipinski definition) is 4. The van der Waals surface area contributed by atoms with E-state index in [-0.39, 0.29) is 6.16 Å². The molecule has 0 amide bonds. The van der Waals surface area contributed by atoms with Gasteiger partial charge in [0.2, 0.25) is 0 Å². The van der Waals surface area contributed by atoms with Gasteiger partial charge in [-0.2, -0.15) is 4.89 Å². The molecule has 5 N–H and O–H groups in total. The molecule has 0 radical (unpaired) electrons. The standard InChI is InChI=1S/C2H8NO5PS/c3-2(7-8-4)1-9(5,6)10/h2,4H,1,3H2,(H2,5,6,10). The Bertz CT molecular complexity index is 136. The van der Waals surface area contributed by atoms with Crippen molar-refractivity contribution in [2.24, 2.45) is 5.73 Å². The smallest absolute Gasteiger partial charge is 0.187 e. The van der Waals surface area contributed by atoms with E-state index in [2.05, 4.69) is 21.7 Å². The second-order valence-electron chi connectivity index (χ2n) is 1.56. The Morgan fingerprint density at radius 1 is 1.60 bits per heavy atom. The Balaban J connectivity index is 3.58. The van der Waals surface area contributed by atoms with Crippen molar-refractivity contribution in [3.8, 4) is 0 Å². The first-order valence-corrected chi connectivity index (χ1v) is 5.12. The largest absolute Gasteiger partial charge is 0.345 e. The second-order valence-corrected chi connectivity index (χ2v) is 5.01. The Morgan fingerprint density at radius 2 is 2.10 bits per heavy atom. The summed E-state index contributed by atoms with van der Waals surface area (Å²) in [5, 5.41) is 10.8. The summed E-state index contributed by atoms with van der Waals surface area (Å²) in [5.74, 6) is 0. The van der Waals surface area contributed by atoms with Crippen LogP contribution in [0.2, 0.25) is 0 Å². The summed E-state index contributed by atoms with van der Waals surface area (Å²) in [6.07, 6.45) is -1.45. The Kier molecular flexibility index (Phi) is 4.50. The summed E-state index contributed by atoms with van der Waals surface area (Å²) in [7, 11) is 0. The predicted molar refractivity (Wildman–Crippen MR) is 36.4 cm³/mol. The van der Waals surface area contributed by atoms with Crippen molar-refractivity contribution in [2.75, 3.05) is 6.16 Å². The minimum absolute atomic E-state index is 0.330. The minimum Gasteiger partial charge on any atom is -0.345 e. The lowest BCUT2D eigenvalue weighted by atomic mass is 10.7. The number of hydrogen-bond acceptors (Lipinski definition) is 5. The van der Waals surface area contributed by atoms with Crippen molar-refractivity contribution in [1.29, 1.82) is 0 Å². The fourth-order valence-electron chi connectivity index (χ4n) is 0.320. The van der Waals surface area contributed by atoms with Crippen LogP contribution in [0.3, 0.4) is 0 Å². The monoisotopic (exact) mass is 189 g/mol. The molecule has 0 aromatic heterocycles. The van der Waals surface area contributed by atoms with E-state index in [9.17, 15) is 0 Å². The van der Waals surface area contributed by atoms with Gasteiger partial charge in [-0.25, -0.2) is 5.26 Å². The van der Waals surface area contributed by atoms with E-state index in [1.165, 1.54) is 0 Å². The highest BCUT2D eigenvalue weighted by Gasteiger charge is 2.15. The van der Waals surface area contributed by atoms with Crippen LogP contribution in [-0.4, -0.2) is 27.4 Å². The molecule has 0 aliphatic rings. The molecular formula is C2H8NO5PS. The normalized spacial score (nSPS) is 15.2. The summed E-state index contributed by atoms with van der Waals surface area (Å²) in [6, 6.07) is 0. The molecule has 0 aliphatic heterocycles. The molecule has 8 heteroatoms. The van der Waals surface area contributed by atoms with Gasteiger partial charge in [0.05, 0.1) is 6.16 Å². The third-order valence-electron chi connectivity index (χ3n) is 0.584. The first kappa shape index (κ1) is 10.4. The van der Waals surface area contributed by atoms with Crippen LogP contribution in [0.15, 0.2) is 0 Å². The quantitative estimate of drug-likeness (QED) is 0.194. The lowest BCUT2D eigenvalue weighted by Gasteiger charge is -2.11. The molecule has 0 rings (SSSR count). The topological polar surface area (TPSA) is 105 Å². The highest BCUT2D eigenvalue weighted by molar-refractivity contribution is 8.09. The molecule has 1 unspecified atom stereocenters. The van der Waals surface area contributed by atoms with Gasteiger partial charge in [0.25, 0.3) is 0 Å². The van der Waals surface area contributed by atoms with Crippen LogP contribution in [0.4, 0.5) is 0 Å². The molecule has 1 atom stereocenters. The van der Waals surface area contributed by atoms with Gasteiger partial charge in [-0.05, 0) is 11.8 Å². The van der Waals surface area contributed by atoms with E-state index in [4.69, 9.17) is 20.8 Å². The Labute approximate surface area is 62.2 Å². The van der Waals surface area contributed by atoms with E-state index < -0.39 is 12.7 Å². The highest BCUT2D eigenvalue weighted by Crippen LogP contribution is 2.35. The maximum atomic E-state index is 8.60. The summed E-state index contributed by atoms with van der Waals surface area (Å²) >= 11 is 4.20. The van der Waals surface area contributed by atoms with Gasteiger partial charge < -0.3 is 15.5 Å². The lowest BCUT2D eigenvalue weighted by molar-refractivity contribution is -0.503. The van der Waals surface area contributed by atoms with Gasteiger partial charge in [-0.3, -0.25) is 0 Å². The van der Waals surface area contributed by atoms with Crippen molar-refractivity contribution in [2.45, 2.75) is 6.23 Å². The molecule has 0 fully saturated rings. The predicted octanol–water partition coefficient (Wildman–Crippen LogP) is -1.01. The van der Waals surface area contributed by atoms with Crippen molar-refractivity contribution >= 4 is 18.3 Å². The van der Waals surface area contributed by atoms with Crippen molar-refractivity contribution in [3.05, 3.63) is 0 Å². The van der Waals surface area contributed by atoms with Gasteiger partial charge in [0.15, 0.2) is 12.7 Å². The SMILES string of the molecule is NC(CP(O)(O)=S)OOO. The Morgan fingerprint density at radius 3 is 2.40 bits per heavy atom. The molecule has 0 aliphatic carbocycles. The zero-order valence-corrected chi connectivity index (χ0v) is 6.59. The molecule has 6 nitrogen and oxygen atoms in total. The van der Waals surface area contributed by atoms with Crippen LogP contribution in [0.25, 0.3) is 0 Å². The summed E-state index contributed by atoms with van der Waals surface area (Å²) in [5.41, 5.74) is 5.00. The van der Waals surface area contributed by atoms with Crippen LogP contribution in [0.1, 0.15) is 0 Å². The molecule has 0 bridgehead atoms. The van der Waals surface area contributed by atoms with Crippen molar-refractivity contribution < 1.29 is 25.0 Å². The maximum absolute atomic E-state index is 8.60. The zero-order chi connectivity index (χ0) is 8.20. The van der Waals surface area contributed by atoms with Crippen LogP contribution < -0.4 is 5.73 Å². The summed E-state index contributed by atoms with van der Waals surface area (Å²) in [6.45, 7) is -3.36. The fraction of sp³-hybridized carbons (Fsp3) is 1.00. The average molecular weight is 189 g/mol. The molecule has 0 saturated heterocycles. The van der Waals surface area contributed by atoms with E-state index in [1.807, 2.05) is 0 Å². The molecule has 0 heterocycles. The first-order chi connectivity index (χ1) is 4.45. The van der Waals surface area contributed by atoms with Crippen LogP contribution in [0.5, 0.6) is 0 Å². The maximum Gasteiger partial charge on any atom is 0.187 e. The third-order valence-corrected chi connectivity index (χ3v) is 1.87. The molecule has 0 aromatic carbocycles. The van der Waals surface area contributed by atoms with Crippen molar-refractivity contribution in [1.82, 2.24) is 0 Å². The molecular weight excluding hydrogens is 181 g/mol. The lowest BCUT2D eigenvalue weighted by Crippen LogP contribution is -2.27.